The molecule has 132 valence electrons. The van der Waals surface area contributed by atoms with E-state index in [4.69, 9.17) is 25.8 Å². The first-order chi connectivity index (χ1) is 11.7. The predicted octanol–water partition coefficient (Wildman–Crippen LogP) is 2.32. The number of morpholine rings is 1. The second kappa shape index (κ2) is 7.08. The molecule has 3 heterocycles. The van der Waals surface area contributed by atoms with Gasteiger partial charge in [-0.1, -0.05) is 11.6 Å². The van der Waals surface area contributed by atoms with Crippen molar-refractivity contribution in [2.75, 3.05) is 45.9 Å². The van der Waals surface area contributed by atoms with E-state index in [-0.39, 0.29) is 11.7 Å². The van der Waals surface area contributed by atoms with Crippen molar-refractivity contribution in [3.63, 3.8) is 0 Å². The molecule has 3 aliphatic heterocycles. The van der Waals surface area contributed by atoms with Gasteiger partial charge in [-0.2, -0.15) is 0 Å². The second-order valence-electron chi connectivity index (χ2n) is 6.98. The van der Waals surface area contributed by atoms with Gasteiger partial charge in [0.05, 0.1) is 12.2 Å². The summed E-state index contributed by atoms with van der Waals surface area (Å²) in [6.07, 6.45) is 3.32. The molecule has 3 aliphatic rings. The maximum absolute atomic E-state index is 6.05. The number of fused-ring (bicyclic) bond motifs is 1. The molecule has 2 saturated heterocycles. The number of likely N-dealkylation sites (tertiary alicyclic amines) is 1. The fourth-order valence-electron chi connectivity index (χ4n) is 3.77. The summed E-state index contributed by atoms with van der Waals surface area (Å²) < 4.78 is 17.9. The molecule has 2 fully saturated rings. The molecule has 1 N–H and O–H groups in total. The van der Waals surface area contributed by atoms with Gasteiger partial charge in [0.25, 0.3) is 0 Å². The lowest BCUT2D eigenvalue weighted by Crippen LogP contribution is -2.55. The Hall–Kier alpha value is -1.01. The fourth-order valence-corrected chi connectivity index (χ4v) is 3.93. The molecule has 0 amide bonds. The second-order valence-corrected chi connectivity index (χ2v) is 7.42. The van der Waals surface area contributed by atoms with Crippen molar-refractivity contribution >= 4 is 11.6 Å². The Morgan fingerprint density at radius 2 is 2.12 bits per heavy atom. The molecule has 0 saturated carbocycles. The van der Waals surface area contributed by atoms with E-state index in [0.29, 0.717) is 11.6 Å². The van der Waals surface area contributed by atoms with Crippen molar-refractivity contribution < 1.29 is 14.2 Å². The summed E-state index contributed by atoms with van der Waals surface area (Å²) in [5, 5.41) is 4.15. The minimum atomic E-state index is 0.0808. The number of benzene rings is 1. The summed E-state index contributed by atoms with van der Waals surface area (Å²) in [5.41, 5.74) is 0.0808. The smallest absolute Gasteiger partial charge is 0.162 e. The number of piperidine rings is 1. The number of ether oxygens (including phenoxy) is 3. The van der Waals surface area contributed by atoms with E-state index in [2.05, 4.69) is 10.2 Å². The molecule has 5 nitrogen and oxygen atoms in total. The molecular weight excluding hydrogens is 328 g/mol. The van der Waals surface area contributed by atoms with E-state index in [0.717, 1.165) is 70.1 Å². The molecule has 1 spiro atoms. The van der Waals surface area contributed by atoms with Gasteiger partial charge >= 0.3 is 0 Å². The van der Waals surface area contributed by atoms with E-state index in [1.807, 2.05) is 18.2 Å². The van der Waals surface area contributed by atoms with Gasteiger partial charge in [0, 0.05) is 50.2 Å². The van der Waals surface area contributed by atoms with Crippen molar-refractivity contribution in [2.24, 2.45) is 0 Å². The number of hydrogen-bond acceptors (Lipinski definition) is 5. The van der Waals surface area contributed by atoms with Crippen LogP contribution >= 0.6 is 11.6 Å². The van der Waals surface area contributed by atoms with Crippen LogP contribution in [0.5, 0.6) is 11.5 Å². The van der Waals surface area contributed by atoms with Crippen molar-refractivity contribution in [3.05, 3.63) is 23.2 Å². The first-order valence-corrected chi connectivity index (χ1v) is 9.26. The van der Waals surface area contributed by atoms with Crippen LogP contribution in [0.1, 0.15) is 19.3 Å². The highest BCUT2D eigenvalue weighted by Gasteiger charge is 2.37. The zero-order valence-electron chi connectivity index (χ0n) is 13.9. The van der Waals surface area contributed by atoms with Crippen molar-refractivity contribution in [1.82, 2.24) is 10.2 Å². The number of halogens is 1. The van der Waals surface area contributed by atoms with Crippen molar-refractivity contribution in [3.8, 4) is 11.5 Å². The van der Waals surface area contributed by atoms with Gasteiger partial charge in [0.15, 0.2) is 11.5 Å². The lowest BCUT2D eigenvalue weighted by Gasteiger charge is -2.44. The molecule has 1 atom stereocenters. The van der Waals surface area contributed by atoms with Crippen LogP contribution in [0.2, 0.25) is 5.02 Å². The van der Waals surface area contributed by atoms with Gasteiger partial charge in [0.1, 0.15) is 12.7 Å². The molecule has 24 heavy (non-hydrogen) atoms. The number of nitrogens with zero attached hydrogens (tertiary/aromatic N) is 1. The Kier molecular flexibility index (Phi) is 4.86. The van der Waals surface area contributed by atoms with Gasteiger partial charge in [-0.3, -0.25) is 0 Å². The lowest BCUT2D eigenvalue weighted by molar-refractivity contribution is -0.100. The Morgan fingerprint density at radius 3 is 2.92 bits per heavy atom. The minimum absolute atomic E-state index is 0.0808. The summed E-state index contributed by atoms with van der Waals surface area (Å²) >= 11 is 5.98. The van der Waals surface area contributed by atoms with Crippen LogP contribution in [0.25, 0.3) is 0 Å². The van der Waals surface area contributed by atoms with Gasteiger partial charge in [-0.05, 0) is 25.0 Å². The van der Waals surface area contributed by atoms with Gasteiger partial charge in [-0.15, -0.1) is 0 Å². The molecular formula is C18H25ClN2O3. The third-order valence-corrected chi connectivity index (χ3v) is 5.53. The van der Waals surface area contributed by atoms with Crippen LogP contribution in [0, 0.1) is 0 Å². The highest BCUT2D eigenvalue weighted by Crippen LogP contribution is 2.35. The summed E-state index contributed by atoms with van der Waals surface area (Å²) in [6, 6.07) is 5.55. The van der Waals surface area contributed by atoms with E-state index >= 15 is 0 Å². The minimum Gasteiger partial charge on any atom is -0.486 e. The van der Waals surface area contributed by atoms with Crippen LogP contribution in [-0.2, 0) is 4.74 Å². The summed E-state index contributed by atoms with van der Waals surface area (Å²) in [6.45, 7) is 6.66. The van der Waals surface area contributed by atoms with Crippen LogP contribution < -0.4 is 14.8 Å². The first kappa shape index (κ1) is 16.5. The molecule has 4 rings (SSSR count). The average Bonchev–Trinajstić information content (AvgIpc) is 2.62. The van der Waals surface area contributed by atoms with Crippen molar-refractivity contribution in [2.45, 2.75) is 31.0 Å². The highest BCUT2D eigenvalue weighted by molar-refractivity contribution is 6.30. The maximum Gasteiger partial charge on any atom is 0.162 e. The molecule has 1 aromatic carbocycles. The van der Waals surface area contributed by atoms with E-state index in [1.165, 1.54) is 0 Å². The summed E-state index contributed by atoms with van der Waals surface area (Å²) in [4.78, 5) is 2.52. The Balaban J connectivity index is 1.24. The zero-order chi connectivity index (χ0) is 16.4. The lowest BCUT2D eigenvalue weighted by atomic mass is 9.90. The maximum atomic E-state index is 6.05. The first-order valence-electron chi connectivity index (χ1n) is 8.89. The summed E-state index contributed by atoms with van der Waals surface area (Å²) in [5.74, 6) is 1.55. The molecule has 0 aromatic heterocycles. The largest absolute Gasteiger partial charge is 0.486 e. The van der Waals surface area contributed by atoms with Crippen LogP contribution in [0.15, 0.2) is 18.2 Å². The van der Waals surface area contributed by atoms with E-state index < -0.39 is 0 Å². The normalized spacial score (nSPS) is 26.5. The third kappa shape index (κ3) is 3.64. The number of nitrogens with one attached hydrogen (secondary N) is 1. The van der Waals surface area contributed by atoms with Gasteiger partial charge < -0.3 is 24.4 Å². The topological polar surface area (TPSA) is 43.0 Å². The van der Waals surface area contributed by atoms with Crippen molar-refractivity contribution in [1.29, 1.82) is 0 Å². The van der Waals surface area contributed by atoms with E-state index in [1.54, 1.807) is 0 Å². The highest BCUT2D eigenvalue weighted by atomic mass is 35.5. The molecule has 1 unspecified atom stereocenters. The fraction of sp³-hybridized carbons (Fsp3) is 0.667. The molecule has 6 heteroatoms. The quantitative estimate of drug-likeness (QED) is 0.904. The average molecular weight is 353 g/mol. The molecule has 1 aromatic rings. The zero-order valence-corrected chi connectivity index (χ0v) is 14.7. The third-order valence-electron chi connectivity index (χ3n) is 5.29. The molecule has 0 bridgehead atoms. The summed E-state index contributed by atoms with van der Waals surface area (Å²) in [7, 11) is 0. The standard InChI is InChI=1S/C18H25ClN2O3/c19-14-1-2-16-17(11-14)22-12-15(24-16)3-7-21-8-4-18(5-9-21)13-20-6-10-23-18/h1-2,11,15,20H,3-10,12-13H2. The van der Waals surface area contributed by atoms with Crippen LogP contribution in [0.4, 0.5) is 0 Å². The van der Waals surface area contributed by atoms with Crippen LogP contribution in [-0.4, -0.2) is 62.5 Å². The predicted molar refractivity (Wildman–Crippen MR) is 93.2 cm³/mol. The SMILES string of the molecule is Clc1ccc2c(c1)OCC(CCN1CCC3(CC1)CNCCO3)O2. The Labute approximate surface area is 148 Å². The number of rotatable bonds is 3. The monoisotopic (exact) mass is 352 g/mol. The Bertz CT molecular complexity index is 567. The molecule has 0 aliphatic carbocycles. The molecule has 0 radical (unpaired) electrons. The van der Waals surface area contributed by atoms with Gasteiger partial charge in [-0.25, -0.2) is 0 Å². The Morgan fingerprint density at radius 1 is 1.25 bits per heavy atom. The number of hydrogen-bond donors (Lipinski definition) is 1. The van der Waals surface area contributed by atoms with Gasteiger partial charge in [0.2, 0.25) is 0 Å². The van der Waals surface area contributed by atoms with E-state index in [9.17, 15) is 0 Å². The van der Waals surface area contributed by atoms with Crippen LogP contribution in [0.3, 0.4) is 0 Å².